The molecular weight excluding hydrogens is 218 g/mol. The minimum Gasteiger partial charge on any atom is -0.314 e. The Hall–Kier alpha value is -0.450. The molecule has 2 unspecified atom stereocenters. The summed E-state index contributed by atoms with van der Waals surface area (Å²) in [6.07, 6.45) is 6.87. The maximum atomic E-state index is 4.28. The van der Waals surface area contributed by atoms with Gasteiger partial charge < -0.3 is 10.6 Å². The molecule has 1 aromatic heterocycles. The molecule has 1 aliphatic heterocycles. The van der Waals surface area contributed by atoms with Crippen LogP contribution in [0.4, 0.5) is 0 Å². The summed E-state index contributed by atoms with van der Waals surface area (Å²) in [6.45, 7) is 4.53. The van der Waals surface area contributed by atoms with E-state index in [-0.39, 0.29) is 0 Å². The van der Waals surface area contributed by atoms with Gasteiger partial charge in [-0.15, -0.1) is 11.3 Å². The summed E-state index contributed by atoms with van der Waals surface area (Å²) in [4.78, 5) is 4.28. The first-order chi connectivity index (χ1) is 7.84. The van der Waals surface area contributed by atoms with Crippen molar-refractivity contribution < 1.29 is 0 Å². The first kappa shape index (κ1) is 12.0. The fraction of sp³-hybridized carbons (Fsp3) is 0.750. The first-order valence-corrected chi connectivity index (χ1v) is 7.07. The monoisotopic (exact) mass is 239 g/mol. The maximum absolute atomic E-state index is 4.28. The summed E-state index contributed by atoms with van der Waals surface area (Å²) in [6, 6.07) is 1.35. The Labute approximate surface area is 102 Å². The van der Waals surface area contributed by atoms with Crippen LogP contribution >= 0.6 is 11.3 Å². The standard InChI is InChI=1S/C12H21N3S/c1-10(9-11-3-2-5-14-11)13-6-4-12-15-7-8-16-12/h7-8,10-11,13-14H,2-6,9H2,1H3. The van der Waals surface area contributed by atoms with Gasteiger partial charge in [-0.1, -0.05) is 0 Å². The number of hydrogen-bond donors (Lipinski definition) is 2. The van der Waals surface area contributed by atoms with Gasteiger partial charge in [0.05, 0.1) is 5.01 Å². The summed E-state index contributed by atoms with van der Waals surface area (Å²) in [7, 11) is 0. The van der Waals surface area contributed by atoms with Crippen LogP contribution in [0.15, 0.2) is 11.6 Å². The van der Waals surface area contributed by atoms with Crippen LogP contribution in [0.1, 0.15) is 31.2 Å². The van der Waals surface area contributed by atoms with Gasteiger partial charge in [-0.25, -0.2) is 4.98 Å². The predicted octanol–water partition coefficient (Wildman–Crippen LogP) is 1.81. The fourth-order valence-electron chi connectivity index (χ4n) is 2.27. The van der Waals surface area contributed by atoms with E-state index in [2.05, 4.69) is 22.5 Å². The van der Waals surface area contributed by atoms with E-state index in [0.29, 0.717) is 6.04 Å². The molecule has 0 saturated carbocycles. The molecule has 1 fully saturated rings. The SMILES string of the molecule is CC(CC1CCCN1)NCCc1nccs1. The molecule has 1 saturated heterocycles. The van der Waals surface area contributed by atoms with Gasteiger partial charge in [-0.05, 0) is 32.7 Å². The van der Waals surface area contributed by atoms with Crippen molar-refractivity contribution in [2.45, 2.75) is 44.7 Å². The van der Waals surface area contributed by atoms with Gasteiger partial charge in [0.2, 0.25) is 0 Å². The summed E-state index contributed by atoms with van der Waals surface area (Å²) in [5.41, 5.74) is 0. The highest BCUT2D eigenvalue weighted by molar-refractivity contribution is 7.09. The molecule has 0 radical (unpaired) electrons. The van der Waals surface area contributed by atoms with Crippen molar-refractivity contribution in [1.29, 1.82) is 0 Å². The molecule has 2 N–H and O–H groups in total. The summed E-state index contributed by atoms with van der Waals surface area (Å²) < 4.78 is 0. The molecule has 1 aromatic rings. The second kappa shape index (κ2) is 6.33. The Morgan fingerprint density at radius 2 is 2.62 bits per heavy atom. The first-order valence-electron chi connectivity index (χ1n) is 6.20. The van der Waals surface area contributed by atoms with Gasteiger partial charge in [0.25, 0.3) is 0 Å². The Bertz CT molecular complexity index is 280. The molecule has 2 atom stereocenters. The van der Waals surface area contributed by atoms with Crippen LogP contribution in [0.25, 0.3) is 0 Å². The Balaban J connectivity index is 1.58. The van der Waals surface area contributed by atoms with E-state index in [1.54, 1.807) is 11.3 Å². The third-order valence-corrected chi connectivity index (χ3v) is 3.95. The van der Waals surface area contributed by atoms with E-state index in [1.165, 1.54) is 30.8 Å². The molecule has 2 rings (SSSR count). The molecule has 16 heavy (non-hydrogen) atoms. The summed E-state index contributed by atoms with van der Waals surface area (Å²) >= 11 is 1.74. The summed E-state index contributed by atoms with van der Waals surface area (Å²) in [5, 5.41) is 10.4. The average molecular weight is 239 g/mol. The van der Waals surface area contributed by atoms with E-state index in [1.807, 2.05) is 11.6 Å². The van der Waals surface area contributed by atoms with Crippen LogP contribution in [-0.2, 0) is 6.42 Å². The summed E-state index contributed by atoms with van der Waals surface area (Å²) in [5.74, 6) is 0. The van der Waals surface area contributed by atoms with Crippen molar-refractivity contribution in [1.82, 2.24) is 15.6 Å². The van der Waals surface area contributed by atoms with E-state index >= 15 is 0 Å². The molecule has 0 aliphatic carbocycles. The number of rotatable bonds is 6. The van der Waals surface area contributed by atoms with Crippen LogP contribution in [0.5, 0.6) is 0 Å². The number of nitrogens with zero attached hydrogens (tertiary/aromatic N) is 1. The van der Waals surface area contributed by atoms with Crippen molar-refractivity contribution >= 4 is 11.3 Å². The lowest BCUT2D eigenvalue weighted by Crippen LogP contribution is -2.34. The number of thiazole rings is 1. The molecule has 0 aromatic carbocycles. The lowest BCUT2D eigenvalue weighted by atomic mass is 10.1. The minimum atomic E-state index is 0.607. The van der Waals surface area contributed by atoms with Crippen LogP contribution in [-0.4, -0.2) is 30.2 Å². The van der Waals surface area contributed by atoms with Gasteiger partial charge >= 0.3 is 0 Å². The highest BCUT2D eigenvalue weighted by Gasteiger charge is 2.16. The zero-order chi connectivity index (χ0) is 11.2. The molecule has 0 spiro atoms. The average Bonchev–Trinajstić information content (AvgIpc) is 2.90. The molecule has 3 nitrogen and oxygen atoms in total. The highest BCUT2D eigenvalue weighted by atomic mass is 32.1. The quantitative estimate of drug-likeness (QED) is 0.795. The van der Waals surface area contributed by atoms with E-state index < -0.39 is 0 Å². The smallest absolute Gasteiger partial charge is 0.0937 e. The van der Waals surface area contributed by atoms with Crippen molar-refractivity contribution in [2.24, 2.45) is 0 Å². The van der Waals surface area contributed by atoms with Crippen LogP contribution < -0.4 is 10.6 Å². The lowest BCUT2D eigenvalue weighted by molar-refractivity contribution is 0.443. The third kappa shape index (κ3) is 3.85. The third-order valence-electron chi connectivity index (χ3n) is 3.12. The fourth-order valence-corrected chi connectivity index (χ4v) is 2.89. The topological polar surface area (TPSA) is 37.0 Å². The molecule has 0 bridgehead atoms. The molecule has 2 heterocycles. The van der Waals surface area contributed by atoms with Crippen LogP contribution in [0.2, 0.25) is 0 Å². The maximum Gasteiger partial charge on any atom is 0.0937 e. The van der Waals surface area contributed by atoms with Gasteiger partial charge in [-0.3, -0.25) is 0 Å². The highest BCUT2D eigenvalue weighted by Crippen LogP contribution is 2.11. The lowest BCUT2D eigenvalue weighted by Gasteiger charge is -2.17. The number of hydrogen-bond acceptors (Lipinski definition) is 4. The zero-order valence-corrected chi connectivity index (χ0v) is 10.7. The predicted molar refractivity (Wildman–Crippen MR) is 68.9 cm³/mol. The number of aromatic nitrogens is 1. The zero-order valence-electron chi connectivity index (χ0n) is 9.91. The molecular formula is C12H21N3S. The van der Waals surface area contributed by atoms with E-state index in [4.69, 9.17) is 0 Å². The van der Waals surface area contributed by atoms with Gasteiger partial charge in [0, 0.05) is 36.6 Å². The largest absolute Gasteiger partial charge is 0.314 e. The Morgan fingerprint density at radius 1 is 1.69 bits per heavy atom. The van der Waals surface area contributed by atoms with E-state index in [0.717, 1.165) is 19.0 Å². The molecule has 0 amide bonds. The van der Waals surface area contributed by atoms with E-state index in [9.17, 15) is 0 Å². The van der Waals surface area contributed by atoms with Gasteiger partial charge in [0.1, 0.15) is 0 Å². The van der Waals surface area contributed by atoms with Gasteiger partial charge in [0.15, 0.2) is 0 Å². The van der Waals surface area contributed by atoms with Crippen LogP contribution in [0.3, 0.4) is 0 Å². The second-order valence-electron chi connectivity index (χ2n) is 4.56. The molecule has 4 heteroatoms. The van der Waals surface area contributed by atoms with Crippen molar-refractivity contribution in [3.8, 4) is 0 Å². The second-order valence-corrected chi connectivity index (χ2v) is 5.54. The molecule has 1 aliphatic rings. The molecule has 90 valence electrons. The number of nitrogens with one attached hydrogen (secondary N) is 2. The van der Waals surface area contributed by atoms with Crippen molar-refractivity contribution in [2.75, 3.05) is 13.1 Å². The Kier molecular flexibility index (Phi) is 4.75. The minimum absolute atomic E-state index is 0.607. The van der Waals surface area contributed by atoms with Gasteiger partial charge in [-0.2, -0.15) is 0 Å². The Morgan fingerprint density at radius 3 is 3.31 bits per heavy atom. The van der Waals surface area contributed by atoms with Crippen LogP contribution in [0, 0.1) is 0 Å². The normalized spacial score (nSPS) is 22.4. The van der Waals surface area contributed by atoms with Crippen molar-refractivity contribution in [3.63, 3.8) is 0 Å². The van der Waals surface area contributed by atoms with Crippen molar-refractivity contribution in [3.05, 3.63) is 16.6 Å².